The lowest BCUT2D eigenvalue weighted by Gasteiger charge is -2.33. The lowest BCUT2D eigenvalue weighted by molar-refractivity contribution is -0.138. The van der Waals surface area contributed by atoms with Crippen molar-refractivity contribution in [2.24, 2.45) is 0 Å². The van der Waals surface area contributed by atoms with Crippen molar-refractivity contribution in [2.75, 3.05) is 6.54 Å². The van der Waals surface area contributed by atoms with Crippen LogP contribution in [0.5, 0.6) is 0 Å². The summed E-state index contributed by atoms with van der Waals surface area (Å²) in [6.07, 6.45) is 0. The van der Waals surface area contributed by atoms with Crippen LogP contribution in [-0.4, -0.2) is 35.9 Å². The molecule has 5 nitrogen and oxygen atoms in total. The molecule has 20 heavy (non-hydrogen) atoms. The molecule has 1 aromatic rings. The van der Waals surface area contributed by atoms with Crippen LogP contribution in [0.4, 0.5) is 4.39 Å². The summed E-state index contributed by atoms with van der Waals surface area (Å²) in [4.78, 5) is 10.4. The van der Waals surface area contributed by atoms with E-state index in [0.29, 0.717) is 0 Å². The highest BCUT2D eigenvalue weighted by Gasteiger charge is 2.36. The second kappa shape index (κ2) is 5.67. The molecule has 0 spiro atoms. The van der Waals surface area contributed by atoms with Crippen LogP contribution in [0, 0.1) is 5.82 Å². The van der Waals surface area contributed by atoms with Crippen molar-refractivity contribution in [1.29, 1.82) is 0 Å². The monoisotopic (exact) mass is 323 g/mol. The van der Waals surface area contributed by atoms with Gasteiger partial charge in [0.2, 0.25) is 10.0 Å². The van der Waals surface area contributed by atoms with E-state index in [1.54, 1.807) is 20.8 Å². The van der Waals surface area contributed by atoms with Gasteiger partial charge in [-0.1, -0.05) is 11.6 Å². The maximum atomic E-state index is 13.2. The molecular weight excluding hydrogens is 309 g/mol. The first-order chi connectivity index (χ1) is 8.96. The smallest absolute Gasteiger partial charge is 0.318 e. The Morgan fingerprint density at radius 3 is 2.40 bits per heavy atom. The molecule has 0 amide bonds. The van der Waals surface area contributed by atoms with Crippen molar-refractivity contribution in [1.82, 2.24) is 4.31 Å². The first-order valence-electron chi connectivity index (χ1n) is 5.66. The summed E-state index contributed by atoms with van der Waals surface area (Å²) < 4.78 is 39.0. The van der Waals surface area contributed by atoms with Gasteiger partial charge in [0.25, 0.3) is 0 Å². The Morgan fingerprint density at radius 1 is 1.40 bits per heavy atom. The van der Waals surface area contributed by atoms with Crippen LogP contribution >= 0.6 is 11.6 Å². The van der Waals surface area contributed by atoms with Crippen LogP contribution in [0.25, 0.3) is 0 Å². The fourth-order valence-electron chi connectivity index (χ4n) is 1.60. The van der Waals surface area contributed by atoms with E-state index in [-0.39, 0.29) is 5.02 Å². The van der Waals surface area contributed by atoms with Crippen molar-refractivity contribution in [3.8, 4) is 0 Å². The minimum Gasteiger partial charge on any atom is -0.480 e. The molecule has 0 saturated heterocycles. The van der Waals surface area contributed by atoms with Gasteiger partial charge in [-0.2, -0.15) is 4.31 Å². The largest absolute Gasteiger partial charge is 0.480 e. The van der Waals surface area contributed by atoms with Crippen LogP contribution in [-0.2, 0) is 14.8 Å². The highest BCUT2D eigenvalue weighted by atomic mass is 35.5. The summed E-state index contributed by atoms with van der Waals surface area (Å²) in [5.74, 6) is -2.08. The zero-order valence-corrected chi connectivity index (χ0v) is 12.8. The highest BCUT2D eigenvalue weighted by molar-refractivity contribution is 7.89. The molecule has 0 aliphatic rings. The lowest BCUT2D eigenvalue weighted by atomic mass is 10.1. The van der Waals surface area contributed by atoms with Crippen LogP contribution in [0.1, 0.15) is 20.8 Å². The van der Waals surface area contributed by atoms with Gasteiger partial charge in [-0.05, 0) is 39.0 Å². The second-order valence-corrected chi connectivity index (χ2v) is 7.39. The van der Waals surface area contributed by atoms with Gasteiger partial charge in [0.05, 0.1) is 5.02 Å². The maximum Gasteiger partial charge on any atom is 0.318 e. The van der Waals surface area contributed by atoms with Crippen LogP contribution in [0.15, 0.2) is 23.1 Å². The minimum atomic E-state index is -4.23. The molecule has 1 aromatic carbocycles. The second-order valence-electron chi connectivity index (χ2n) is 5.15. The molecule has 0 aromatic heterocycles. The maximum absolute atomic E-state index is 13.2. The van der Waals surface area contributed by atoms with E-state index in [4.69, 9.17) is 16.7 Å². The molecule has 0 unspecified atom stereocenters. The summed E-state index contributed by atoms with van der Waals surface area (Å²) in [6.45, 7) is 3.89. The molecule has 1 rings (SSSR count). The lowest BCUT2D eigenvalue weighted by Crippen LogP contribution is -2.48. The Hall–Kier alpha value is -1.18. The average molecular weight is 324 g/mol. The van der Waals surface area contributed by atoms with Crippen molar-refractivity contribution in [3.05, 3.63) is 29.0 Å². The van der Waals surface area contributed by atoms with Gasteiger partial charge < -0.3 is 5.11 Å². The SMILES string of the molecule is CC(C)(C)N(CC(=O)O)S(=O)(=O)c1cc(F)ccc1Cl. The Balaban J connectivity index is 3.44. The number of hydrogen-bond acceptors (Lipinski definition) is 3. The first-order valence-corrected chi connectivity index (χ1v) is 7.48. The Kier molecular flexibility index (Phi) is 4.78. The van der Waals surface area contributed by atoms with E-state index in [0.717, 1.165) is 22.5 Å². The molecule has 0 atom stereocenters. The Labute approximate surface area is 122 Å². The average Bonchev–Trinajstić information content (AvgIpc) is 2.27. The summed E-state index contributed by atoms with van der Waals surface area (Å²) in [6, 6.07) is 2.92. The first kappa shape index (κ1) is 16.9. The normalized spacial score (nSPS) is 12.7. The minimum absolute atomic E-state index is 0.161. The van der Waals surface area contributed by atoms with Crippen LogP contribution < -0.4 is 0 Å². The molecule has 112 valence electrons. The number of halogens is 2. The number of carboxylic acids is 1. The quantitative estimate of drug-likeness (QED) is 0.923. The van der Waals surface area contributed by atoms with Gasteiger partial charge in [-0.25, -0.2) is 12.8 Å². The third-order valence-corrected chi connectivity index (χ3v) is 5.08. The number of carbonyl (C=O) groups is 1. The molecular formula is C12H15ClFNO4S. The van der Waals surface area contributed by atoms with Gasteiger partial charge in [0, 0.05) is 5.54 Å². The number of carboxylic acid groups (broad SMARTS) is 1. The van der Waals surface area contributed by atoms with Crippen LogP contribution in [0.2, 0.25) is 5.02 Å². The van der Waals surface area contributed by atoms with Crippen molar-refractivity contribution in [2.45, 2.75) is 31.2 Å². The third kappa shape index (κ3) is 3.68. The molecule has 0 heterocycles. The van der Waals surface area contributed by atoms with Crippen LogP contribution in [0.3, 0.4) is 0 Å². The molecule has 0 radical (unpaired) electrons. The number of rotatable bonds is 4. The van der Waals surface area contributed by atoms with Gasteiger partial charge in [-0.3, -0.25) is 4.79 Å². The topological polar surface area (TPSA) is 74.7 Å². The number of nitrogens with zero attached hydrogens (tertiary/aromatic N) is 1. The molecule has 0 saturated carbocycles. The number of aliphatic carboxylic acids is 1. The summed E-state index contributed by atoms with van der Waals surface area (Å²) in [5.41, 5.74) is -0.993. The van der Waals surface area contributed by atoms with Crippen molar-refractivity contribution >= 4 is 27.6 Å². The number of sulfonamides is 1. The number of hydrogen-bond donors (Lipinski definition) is 1. The van der Waals surface area contributed by atoms with E-state index in [1.807, 2.05) is 0 Å². The fraction of sp³-hybridized carbons (Fsp3) is 0.417. The molecule has 1 N–H and O–H groups in total. The van der Waals surface area contributed by atoms with Gasteiger partial charge in [0.15, 0.2) is 0 Å². The van der Waals surface area contributed by atoms with Crippen molar-refractivity contribution < 1.29 is 22.7 Å². The zero-order chi connectivity index (χ0) is 15.7. The Bertz CT molecular complexity index is 625. The van der Waals surface area contributed by atoms with Gasteiger partial charge >= 0.3 is 5.97 Å². The number of benzene rings is 1. The van der Waals surface area contributed by atoms with E-state index in [1.165, 1.54) is 0 Å². The standard InChI is InChI=1S/C12H15ClFNO4S/c1-12(2,3)15(7-11(16)17)20(18,19)10-6-8(14)4-5-9(10)13/h4-6H,7H2,1-3H3,(H,16,17). The predicted molar refractivity (Wildman–Crippen MR) is 72.7 cm³/mol. The summed E-state index contributed by atoms with van der Waals surface area (Å²) in [7, 11) is -4.23. The van der Waals surface area contributed by atoms with E-state index in [9.17, 15) is 17.6 Å². The summed E-state index contributed by atoms with van der Waals surface area (Å²) in [5, 5.41) is 8.71. The molecule has 0 fully saturated rings. The molecule has 0 aliphatic heterocycles. The van der Waals surface area contributed by atoms with E-state index >= 15 is 0 Å². The van der Waals surface area contributed by atoms with E-state index < -0.39 is 38.8 Å². The van der Waals surface area contributed by atoms with Gasteiger partial charge in [0.1, 0.15) is 17.3 Å². The summed E-state index contributed by atoms with van der Waals surface area (Å²) >= 11 is 5.79. The molecule has 0 bridgehead atoms. The van der Waals surface area contributed by atoms with E-state index in [2.05, 4.69) is 0 Å². The Morgan fingerprint density at radius 2 is 1.95 bits per heavy atom. The predicted octanol–water partition coefficient (Wildman–Crippen LogP) is 2.35. The molecule has 8 heteroatoms. The van der Waals surface area contributed by atoms with Gasteiger partial charge in [-0.15, -0.1) is 0 Å². The molecule has 0 aliphatic carbocycles. The zero-order valence-electron chi connectivity index (χ0n) is 11.2. The third-order valence-electron chi connectivity index (χ3n) is 2.49. The van der Waals surface area contributed by atoms with Crippen molar-refractivity contribution in [3.63, 3.8) is 0 Å². The highest BCUT2D eigenvalue weighted by Crippen LogP contribution is 2.29. The fourth-order valence-corrected chi connectivity index (χ4v) is 3.82.